The average molecular weight is 237 g/mol. The van der Waals surface area contributed by atoms with Crippen molar-refractivity contribution in [2.45, 2.75) is 26.3 Å². The average Bonchev–Trinajstić information content (AvgIpc) is 2.05. The molecular weight excluding hydrogens is 219 g/mol. The second-order valence-electron chi connectivity index (χ2n) is 3.21. The van der Waals surface area contributed by atoms with Gasteiger partial charge in [-0.25, -0.2) is 0 Å². The zero-order chi connectivity index (χ0) is 8.81. The molecule has 0 amide bonds. The molecule has 1 rings (SSSR count). The summed E-state index contributed by atoms with van der Waals surface area (Å²) in [6.45, 7) is 5.36. The van der Waals surface area contributed by atoms with Gasteiger partial charge in [-0.3, -0.25) is 4.98 Å². The van der Waals surface area contributed by atoms with E-state index in [9.17, 15) is 0 Å². The van der Waals surface area contributed by atoms with Crippen molar-refractivity contribution in [3.8, 4) is 0 Å². The molecule has 0 radical (unpaired) electrons. The first-order valence-electron chi connectivity index (χ1n) is 4.41. The lowest BCUT2D eigenvalue weighted by Gasteiger charge is -2.06. The lowest BCUT2D eigenvalue weighted by Crippen LogP contribution is -2.24. The highest BCUT2D eigenvalue weighted by Crippen LogP contribution is 1.95. The second kappa shape index (κ2) is 9.25. The molecule has 0 aliphatic rings. The summed E-state index contributed by atoms with van der Waals surface area (Å²) in [5.74, 6) is 0. The van der Waals surface area contributed by atoms with Gasteiger partial charge in [0.1, 0.15) is 0 Å². The van der Waals surface area contributed by atoms with Crippen LogP contribution in [0.4, 0.5) is 0 Å². The van der Waals surface area contributed by atoms with Gasteiger partial charge in [-0.1, -0.05) is 13.8 Å². The molecule has 0 bridgehead atoms. The number of hydrogen-bond acceptors (Lipinski definition) is 2. The highest BCUT2D eigenvalue weighted by Gasteiger charge is 1.93. The molecule has 14 heavy (non-hydrogen) atoms. The number of nitrogens with zero attached hydrogens (tertiary/aromatic N) is 1. The Morgan fingerprint density at radius 3 is 2.29 bits per heavy atom. The third-order valence-electron chi connectivity index (χ3n) is 1.72. The lowest BCUT2D eigenvalue weighted by atomic mass is 10.2. The summed E-state index contributed by atoms with van der Waals surface area (Å²) < 4.78 is 0. The normalized spacial score (nSPS) is 9.07. The molecule has 0 saturated heterocycles. The van der Waals surface area contributed by atoms with E-state index in [-0.39, 0.29) is 24.8 Å². The van der Waals surface area contributed by atoms with Crippen molar-refractivity contribution >= 4 is 24.8 Å². The summed E-state index contributed by atoms with van der Waals surface area (Å²) in [5, 5.41) is 3.37. The van der Waals surface area contributed by atoms with E-state index in [2.05, 4.69) is 36.3 Å². The molecule has 0 aromatic carbocycles. The van der Waals surface area contributed by atoms with E-state index in [4.69, 9.17) is 0 Å². The number of hydrogen-bond donors (Lipinski definition) is 1. The Labute approximate surface area is 98.3 Å². The van der Waals surface area contributed by atoms with Gasteiger partial charge < -0.3 is 5.32 Å². The van der Waals surface area contributed by atoms with Crippen LogP contribution in [-0.2, 0) is 6.42 Å². The number of aromatic nitrogens is 1. The molecule has 0 atom stereocenters. The van der Waals surface area contributed by atoms with Crippen LogP contribution in [0, 0.1) is 0 Å². The summed E-state index contributed by atoms with van der Waals surface area (Å²) in [6, 6.07) is 4.69. The van der Waals surface area contributed by atoms with Crippen molar-refractivity contribution in [3.63, 3.8) is 0 Å². The second-order valence-corrected chi connectivity index (χ2v) is 3.21. The molecule has 2 nitrogen and oxygen atoms in total. The summed E-state index contributed by atoms with van der Waals surface area (Å²) >= 11 is 0. The minimum atomic E-state index is 0. The molecule has 1 N–H and O–H groups in total. The predicted molar refractivity (Wildman–Crippen MR) is 65.6 cm³/mol. The van der Waals surface area contributed by atoms with Crippen molar-refractivity contribution in [1.29, 1.82) is 0 Å². The summed E-state index contributed by atoms with van der Waals surface area (Å²) in [6.07, 6.45) is 4.76. The number of pyridine rings is 1. The number of halogens is 2. The van der Waals surface area contributed by atoms with Crippen LogP contribution in [0.15, 0.2) is 24.5 Å². The third-order valence-corrected chi connectivity index (χ3v) is 1.72. The van der Waals surface area contributed by atoms with Crippen molar-refractivity contribution in [2.75, 3.05) is 6.54 Å². The van der Waals surface area contributed by atoms with Crippen LogP contribution in [0.25, 0.3) is 0 Å². The molecule has 0 unspecified atom stereocenters. The van der Waals surface area contributed by atoms with Gasteiger partial charge in [-0.2, -0.15) is 0 Å². The summed E-state index contributed by atoms with van der Waals surface area (Å²) in [5.41, 5.74) is 1.35. The van der Waals surface area contributed by atoms with E-state index in [1.807, 2.05) is 12.4 Å². The zero-order valence-corrected chi connectivity index (χ0v) is 10.2. The molecule has 0 saturated carbocycles. The topological polar surface area (TPSA) is 24.9 Å². The smallest absolute Gasteiger partial charge is 0.0270 e. The van der Waals surface area contributed by atoms with Gasteiger partial charge in [-0.05, 0) is 30.7 Å². The fourth-order valence-corrected chi connectivity index (χ4v) is 1.05. The number of nitrogens with one attached hydrogen (secondary N) is 1. The van der Waals surface area contributed by atoms with Crippen LogP contribution in [-0.4, -0.2) is 17.6 Å². The van der Waals surface area contributed by atoms with Crippen molar-refractivity contribution in [3.05, 3.63) is 30.1 Å². The quantitative estimate of drug-likeness (QED) is 0.870. The van der Waals surface area contributed by atoms with E-state index in [0.717, 1.165) is 13.0 Å². The highest BCUT2D eigenvalue weighted by atomic mass is 35.5. The van der Waals surface area contributed by atoms with Gasteiger partial charge in [0.2, 0.25) is 0 Å². The van der Waals surface area contributed by atoms with Crippen LogP contribution in [0.1, 0.15) is 19.4 Å². The Bertz CT molecular complexity index is 215. The maximum atomic E-state index is 3.97. The van der Waals surface area contributed by atoms with Crippen LogP contribution in [0.2, 0.25) is 0 Å². The molecule has 0 spiro atoms. The molecule has 82 valence electrons. The SMILES string of the molecule is CC(C)NCCc1ccncc1.Cl.Cl. The summed E-state index contributed by atoms with van der Waals surface area (Å²) in [7, 11) is 0. The maximum absolute atomic E-state index is 3.97. The highest BCUT2D eigenvalue weighted by molar-refractivity contribution is 5.85. The Balaban J connectivity index is 0. The van der Waals surface area contributed by atoms with Gasteiger partial charge in [0.05, 0.1) is 0 Å². The monoisotopic (exact) mass is 236 g/mol. The fourth-order valence-electron chi connectivity index (χ4n) is 1.05. The molecule has 4 heteroatoms. The maximum Gasteiger partial charge on any atom is 0.0270 e. The van der Waals surface area contributed by atoms with Gasteiger partial charge in [-0.15, -0.1) is 24.8 Å². The Hall–Kier alpha value is -0.310. The number of rotatable bonds is 4. The summed E-state index contributed by atoms with van der Waals surface area (Å²) in [4.78, 5) is 3.97. The molecule has 0 aliphatic heterocycles. The molecule has 1 aromatic heterocycles. The molecule has 0 fully saturated rings. The molecule has 1 heterocycles. The minimum Gasteiger partial charge on any atom is -0.314 e. The first-order chi connectivity index (χ1) is 5.79. The van der Waals surface area contributed by atoms with E-state index in [1.165, 1.54) is 5.56 Å². The largest absolute Gasteiger partial charge is 0.314 e. The van der Waals surface area contributed by atoms with Crippen molar-refractivity contribution < 1.29 is 0 Å². The Morgan fingerprint density at radius 2 is 1.79 bits per heavy atom. The van der Waals surface area contributed by atoms with E-state index in [0.29, 0.717) is 6.04 Å². The predicted octanol–water partition coefficient (Wildman–Crippen LogP) is 2.47. The fraction of sp³-hybridized carbons (Fsp3) is 0.500. The van der Waals surface area contributed by atoms with E-state index < -0.39 is 0 Å². The van der Waals surface area contributed by atoms with Crippen LogP contribution in [0.3, 0.4) is 0 Å². The zero-order valence-electron chi connectivity index (χ0n) is 8.56. The van der Waals surface area contributed by atoms with Crippen molar-refractivity contribution in [2.24, 2.45) is 0 Å². The lowest BCUT2D eigenvalue weighted by molar-refractivity contribution is 0.590. The minimum absolute atomic E-state index is 0. The third kappa shape index (κ3) is 7.13. The van der Waals surface area contributed by atoms with E-state index >= 15 is 0 Å². The Morgan fingerprint density at radius 1 is 1.21 bits per heavy atom. The van der Waals surface area contributed by atoms with Gasteiger partial charge in [0.15, 0.2) is 0 Å². The van der Waals surface area contributed by atoms with Gasteiger partial charge in [0.25, 0.3) is 0 Å². The van der Waals surface area contributed by atoms with Crippen molar-refractivity contribution in [1.82, 2.24) is 10.3 Å². The van der Waals surface area contributed by atoms with Crippen LogP contribution < -0.4 is 5.32 Å². The first-order valence-corrected chi connectivity index (χ1v) is 4.41. The molecule has 0 aliphatic carbocycles. The standard InChI is InChI=1S/C10H16N2.2ClH/c1-9(2)12-8-5-10-3-6-11-7-4-10;;/h3-4,6-7,9,12H,5,8H2,1-2H3;2*1H. The van der Waals surface area contributed by atoms with Gasteiger partial charge >= 0.3 is 0 Å². The van der Waals surface area contributed by atoms with Gasteiger partial charge in [0, 0.05) is 18.4 Å². The molecular formula is C10H18Cl2N2. The first kappa shape index (κ1) is 16.1. The van der Waals surface area contributed by atoms with E-state index in [1.54, 1.807) is 0 Å². The van der Waals surface area contributed by atoms with Crippen LogP contribution in [0.5, 0.6) is 0 Å². The van der Waals surface area contributed by atoms with Crippen LogP contribution >= 0.6 is 24.8 Å². The Kier molecular flexibility index (Phi) is 10.7. The molecule has 1 aromatic rings.